The van der Waals surface area contributed by atoms with Crippen molar-refractivity contribution in [2.45, 2.75) is 40.0 Å². The first-order chi connectivity index (χ1) is 6.51. The Morgan fingerprint density at radius 3 is 2.71 bits per heavy atom. The lowest BCUT2D eigenvalue weighted by molar-refractivity contribution is 0.174. The Morgan fingerprint density at radius 1 is 1.43 bits per heavy atom. The zero-order chi connectivity index (χ0) is 10.6. The highest BCUT2D eigenvalue weighted by Gasteiger charge is 2.20. The van der Waals surface area contributed by atoms with E-state index in [1.165, 1.54) is 19.4 Å². The fourth-order valence-corrected chi connectivity index (χ4v) is 1.86. The van der Waals surface area contributed by atoms with E-state index in [1.54, 1.807) is 0 Å². The van der Waals surface area contributed by atoms with E-state index in [-0.39, 0.29) is 5.92 Å². The van der Waals surface area contributed by atoms with Crippen LogP contribution in [0.15, 0.2) is 0 Å². The first-order valence-electron chi connectivity index (χ1n) is 5.63. The molecular weight excluding hydrogens is 172 g/mol. The van der Waals surface area contributed by atoms with Crippen LogP contribution in [0.4, 0.5) is 0 Å². The van der Waals surface area contributed by atoms with Crippen molar-refractivity contribution in [1.82, 2.24) is 4.90 Å². The minimum absolute atomic E-state index is 0.281. The summed E-state index contributed by atoms with van der Waals surface area (Å²) >= 11 is 0. The molecule has 0 spiro atoms. The molecule has 0 saturated carbocycles. The summed E-state index contributed by atoms with van der Waals surface area (Å²) in [5.74, 6) is 0.281. The Bertz CT molecular complexity index is 209. The molecule has 0 radical (unpaired) electrons. The predicted octanol–water partition coefficient (Wildman–Crippen LogP) is 2.66. The Kier molecular flexibility index (Phi) is 3.95. The maximum atomic E-state index is 8.86. The minimum Gasteiger partial charge on any atom is -0.302 e. The molecule has 1 unspecified atom stereocenters. The van der Waals surface area contributed by atoms with E-state index >= 15 is 0 Å². The quantitative estimate of drug-likeness (QED) is 0.675. The molecule has 1 fully saturated rings. The summed E-state index contributed by atoms with van der Waals surface area (Å²) in [6.45, 7) is 10.2. The fourth-order valence-electron chi connectivity index (χ4n) is 1.86. The second-order valence-electron chi connectivity index (χ2n) is 5.58. The number of piperidine rings is 1. The van der Waals surface area contributed by atoms with Crippen LogP contribution in [0.1, 0.15) is 40.0 Å². The molecule has 80 valence electrons. The highest BCUT2D eigenvalue weighted by molar-refractivity contribution is 4.88. The van der Waals surface area contributed by atoms with Gasteiger partial charge in [0.15, 0.2) is 0 Å². The van der Waals surface area contributed by atoms with Gasteiger partial charge in [-0.25, -0.2) is 0 Å². The van der Waals surface area contributed by atoms with Crippen molar-refractivity contribution < 1.29 is 0 Å². The predicted molar refractivity (Wildman–Crippen MR) is 58.8 cm³/mol. The van der Waals surface area contributed by atoms with Crippen molar-refractivity contribution >= 4 is 0 Å². The smallest absolute Gasteiger partial charge is 0.0669 e. The Morgan fingerprint density at radius 2 is 2.14 bits per heavy atom. The molecule has 0 aromatic rings. The third-order valence-electron chi connectivity index (χ3n) is 2.87. The molecule has 1 rings (SSSR count). The summed E-state index contributed by atoms with van der Waals surface area (Å²) in [6.07, 6.45) is 3.52. The Balaban J connectivity index is 2.28. The summed E-state index contributed by atoms with van der Waals surface area (Å²) in [5, 5.41) is 8.86. The lowest BCUT2D eigenvalue weighted by Gasteiger charge is -2.31. The van der Waals surface area contributed by atoms with Crippen LogP contribution < -0.4 is 0 Å². The lowest BCUT2D eigenvalue weighted by Crippen LogP contribution is -2.36. The number of hydrogen-bond acceptors (Lipinski definition) is 2. The van der Waals surface area contributed by atoms with Crippen LogP contribution in [0.25, 0.3) is 0 Å². The van der Waals surface area contributed by atoms with Crippen molar-refractivity contribution in [2.75, 3.05) is 19.6 Å². The van der Waals surface area contributed by atoms with Crippen LogP contribution in [0.3, 0.4) is 0 Å². The van der Waals surface area contributed by atoms with Gasteiger partial charge >= 0.3 is 0 Å². The van der Waals surface area contributed by atoms with Crippen LogP contribution in [0.2, 0.25) is 0 Å². The van der Waals surface area contributed by atoms with Gasteiger partial charge in [-0.3, -0.25) is 0 Å². The van der Waals surface area contributed by atoms with Crippen LogP contribution in [0.5, 0.6) is 0 Å². The first-order valence-corrected chi connectivity index (χ1v) is 5.63. The van der Waals surface area contributed by atoms with E-state index in [2.05, 4.69) is 31.7 Å². The van der Waals surface area contributed by atoms with Crippen molar-refractivity contribution in [2.24, 2.45) is 11.3 Å². The van der Waals surface area contributed by atoms with E-state index in [9.17, 15) is 0 Å². The largest absolute Gasteiger partial charge is 0.302 e. The van der Waals surface area contributed by atoms with Gasteiger partial charge in [0, 0.05) is 6.54 Å². The topological polar surface area (TPSA) is 27.0 Å². The molecule has 0 aromatic heterocycles. The van der Waals surface area contributed by atoms with E-state index in [4.69, 9.17) is 5.26 Å². The SMILES string of the molecule is CC(C)(C)CCN1CCCC(C#N)C1. The van der Waals surface area contributed by atoms with Gasteiger partial charge in [-0.05, 0) is 37.8 Å². The zero-order valence-corrected chi connectivity index (χ0v) is 9.71. The van der Waals surface area contributed by atoms with Crippen LogP contribution >= 0.6 is 0 Å². The summed E-state index contributed by atoms with van der Waals surface area (Å²) < 4.78 is 0. The normalized spacial score (nSPS) is 24.6. The van der Waals surface area contributed by atoms with Crippen LogP contribution in [-0.2, 0) is 0 Å². The molecule has 0 amide bonds. The fraction of sp³-hybridized carbons (Fsp3) is 0.917. The van der Waals surface area contributed by atoms with Crippen LogP contribution in [-0.4, -0.2) is 24.5 Å². The standard InChI is InChI=1S/C12H22N2/c1-12(2,3)6-8-14-7-4-5-11(9-13)10-14/h11H,4-8,10H2,1-3H3. The molecule has 0 bridgehead atoms. The highest BCUT2D eigenvalue weighted by atomic mass is 15.1. The van der Waals surface area contributed by atoms with Gasteiger partial charge in [-0.2, -0.15) is 5.26 Å². The summed E-state index contributed by atoms with van der Waals surface area (Å²) in [7, 11) is 0. The maximum absolute atomic E-state index is 8.86. The van der Waals surface area contributed by atoms with E-state index in [1.807, 2.05) is 0 Å². The molecule has 1 aliphatic rings. The third-order valence-corrected chi connectivity index (χ3v) is 2.87. The Hall–Kier alpha value is -0.550. The molecule has 1 aliphatic heterocycles. The van der Waals surface area contributed by atoms with Gasteiger partial charge in [0.25, 0.3) is 0 Å². The average Bonchev–Trinajstić information content (AvgIpc) is 2.14. The third kappa shape index (κ3) is 4.11. The van der Waals surface area contributed by atoms with E-state index in [0.717, 1.165) is 19.5 Å². The number of nitriles is 1. The van der Waals surface area contributed by atoms with Crippen LogP contribution in [0, 0.1) is 22.7 Å². The number of hydrogen-bond donors (Lipinski definition) is 0. The van der Waals surface area contributed by atoms with Gasteiger partial charge in [0.1, 0.15) is 0 Å². The second-order valence-corrected chi connectivity index (χ2v) is 5.58. The molecule has 2 nitrogen and oxygen atoms in total. The molecular formula is C12H22N2. The summed E-state index contributed by atoms with van der Waals surface area (Å²) in [5.41, 5.74) is 0.416. The van der Waals surface area contributed by atoms with Gasteiger partial charge in [-0.1, -0.05) is 20.8 Å². The van der Waals surface area contributed by atoms with Gasteiger partial charge < -0.3 is 4.90 Å². The first kappa shape index (κ1) is 11.5. The molecule has 1 saturated heterocycles. The van der Waals surface area contributed by atoms with Crippen molar-refractivity contribution in [3.05, 3.63) is 0 Å². The second kappa shape index (κ2) is 4.79. The summed E-state index contributed by atoms with van der Waals surface area (Å²) in [6, 6.07) is 2.39. The van der Waals surface area contributed by atoms with Crippen molar-refractivity contribution in [1.29, 1.82) is 5.26 Å². The molecule has 0 aliphatic carbocycles. The van der Waals surface area contributed by atoms with Crippen molar-refractivity contribution in [3.8, 4) is 6.07 Å². The minimum atomic E-state index is 0.281. The van der Waals surface area contributed by atoms with E-state index < -0.39 is 0 Å². The highest BCUT2D eigenvalue weighted by Crippen LogP contribution is 2.21. The van der Waals surface area contributed by atoms with Gasteiger partial charge in [0.2, 0.25) is 0 Å². The number of nitrogens with zero attached hydrogens (tertiary/aromatic N) is 2. The molecule has 0 aromatic carbocycles. The van der Waals surface area contributed by atoms with Gasteiger partial charge in [-0.15, -0.1) is 0 Å². The molecule has 0 N–H and O–H groups in total. The molecule has 1 heterocycles. The monoisotopic (exact) mass is 194 g/mol. The summed E-state index contributed by atoms with van der Waals surface area (Å²) in [4.78, 5) is 2.45. The van der Waals surface area contributed by atoms with Crippen molar-refractivity contribution in [3.63, 3.8) is 0 Å². The van der Waals surface area contributed by atoms with E-state index in [0.29, 0.717) is 5.41 Å². The molecule has 2 heteroatoms. The maximum Gasteiger partial charge on any atom is 0.0669 e. The van der Waals surface area contributed by atoms with Gasteiger partial charge in [0.05, 0.1) is 12.0 Å². The number of rotatable bonds is 2. The Labute approximate surface area is 87.9 Å². The molecule has 14 heavy (non-hydrogen) atoms. The lowest BCUT2D eigenvalue weighted by atomic mass is 9.91. The molecule has 1 atom stereocenters. The number of likely N-dealkylation sites (tertiary alicyclic amines) is 1. The average molecular weight is 194 g/mol. The zero-order valence-electron chi connectivity index (χ0n) is 9.71.